The zero-order valence-electron chi connectivity index (χ0n) is 25.3. The molecule has 0 radical (unpaired) electrons. The van der Waals surface area contributed by atoms with E-state index in [0.29, 0.717) is 44.9 Å². The first-order valence-electron chi connectivity index (χ1n) is 16.4. The van der Waals surface area contributed by atoms with E-state index in [9.17, 15) is 14.4 Å². The SMILES string of the molecule is CCCCCCCCCCCCCC(=O)OC1C[C@]2(CCC3(C=CC(=O)C=C3)O2)O[C@@]2(CCC3(C=CC(=O)C=C3)O2)C1. The summed E-state index contributed by atoms with van der Waals surface area (Å²) in [6.07, 6.45) is 30.2. The molecule has 0 aromatic rings. The van der Waals surface area contributed by atoms with E-state index in [-0.39, 0.29) is 17.5 Å². The molecule has 2 aliphatic carbocycles. The Morgan fingerprint density at radius 1 is 0.667 bits per heavy atom. The molecule has 0 aromatic heterocycles. The molecule has 0 amide bonds. The molecular formula is C35H48O7. The number of allylic oxidation sites excluding steroid dienone is 4. The summed E-state index contributed by atoms with van der Waals surface area (Å²) >= 11 is 0. The molecular weight excluding hydrogens is 532 g/mol. The summed E-state index contributed by atoms with van der Waals surface area (Å²) in [6, 6.07) is 0. The first-order valence-corrected chi connectivity index (χ1v) is 16.4. The summed E-state index contributed by atoms with van der Waals surface area (Å²) in [5.74, 6) is -2.32. The maximum atomic E-state index is 13.0. The van der Waals surface area contributed by atoms with E-state index < -0.39 is 28.9 Å². The fourth-order valence-electron chi connectivity index (χ4n) is 7.13. The fourth-order valence-corrected chi connectivity index (χ4v) is 7.13. The molecule has 7 heteroatoms. The van der Waals surface area contributed by atoms with E-state index in [1.807, 2.05) is 0 Å². The van der Waals surface area contributed by atoms with Gasteiger partial charge in [0.1, 0.15) is 17.3 Å². The van der Waals surface area contributed by atoms with Crippen molar-refractivity contribution < 1.29 is 33.3 Å². The second kappa shape index (κ2) is 13.5. The van der Waals surface area contributed by atoms with Crippen molar-refractivity contribution in [1.82, 2.24) is 0 Å². The lowest BCUT2D eigenvalue weighted by Gasteiger charge is -2.48. The Labute approximate surface area is 250 Å². The van der Waals surface area contributed by atoms with Crippen LogP contribution in [0.5, 0.6) is 0 Å². The molecule has 0 unspecified atom stereocenters. The van der Waals surface area contributed by atoms with Gasteiger partial charge in [0.25, 0.3) is 0 Å². The Bertz CT molecular complexity index is 1020. The van der Waals surface area contributed by atoms with Gasteiger partial charge in [-0.2, -0.15) is 0 Å². The second-order valence-electron chi connectivity index (χ2n) is 13.0. The van der Waals surface area contributed by atoms with Crippen LogP contribution in [0.25, 0.3) is 0 Å². The predicted molar refractivity (Wildman–Crippen MR) is 159 cm³/mol. The minimum absolute atomic E-state index is 0.0630. The lowest BCUT2D eigenvalue weighted by molar-refractivity contribution is -0.386. The predicted octanol–water partition coefficient (Wildman–Crippen LogP) is 7.29. The summed E-state index contributed by atoms with van der Waals surface area (Å²) < 4.78 is 26.1. The largest absolute Gasteiger partial charge is 0.462 e. The molecule has 0 N–H and O–H groups in total. The van der Waals surface area contributed by atoms with Crippen LogP contribution in [-0.2, 0) is 33.3 Å². The number of carbonyl (C=O) groups is 3. The highest BCUT2D eigenvalue weighted by atomic mass is 16.8. The minimum atomic E-state index is -1.00. The zero-order chi connectivity index (χ0) is 29.5. The zero-order valence-corrected chi connectivity index (χ0v) is 25.3. The molecule has 0 bridgehead atoms. The molecule has 3 saturated heterocycles. The Morgan fingerprint density at radius 2 is 1.10 bits per heavy atom. The maximum Gasteiger partial charge on any atom is 0.306 e. The van der Waals surface area contributed by atoms with Crippen LogP contribution in [0.2, 0.25) is 0 Å². The van der Waals surface area contributed by atoms with Crippen molar-refractivity contribution in [1.29, 1.82) is 0 Å². The number of esters is 1. The lowest BCUT2D eigenvalue weighted by atomic mass is 9.89. The normalized spacial score (nSPS) is 30.5. The molecule has 4 spiro atoms. The van der Waals surface area contributed by atoms with Crippen molar-refractivity contribution in [2.45, 2.75) is 151 Å². The summed E-state index contributed by atoms with van der Waals surface area (Å²) in [4.78, 5) is 36.5. The molecule has 5 aliphatic rings. The van der Waals surface area contributed by atoms with Crippen LogP contribution >= 0.6 is 0 Å². The second-order valence-corrected chi connectivity index (χ2v) is 13.0. The molecule has 3 aliphatic heterocycles. The Kier molecular flexibility index (Phi) is 10.0. The lowest BCUT2D eigenvalue weighted by Crippen LogP contribution is -2.55. The van der Waals surface area contributed by atoms with Crippen molar-refractivity contribution in [3.63, 3.8) is 0 Å². The standard InChI is InChI=1S/C35H48O7/c1-2-3-4-5-6-7-8-9-10-11-12-13-31(38)39-30-26-34(24-22-32(40-34)18-14-28(36)15-19-32)42-35(27-30)25-23-33(41-35)20-16-29(37)17-21-33/h14-21,30H,2-13,22-27H2,1H3/t34-,35-/m0/s1. The van der Waals surface area contributed by atoms with E-state index in [4.69, 9.17) is 18.9 Å². The van der Waals surface area contributed by atoms with E-state index in [2.05, 4.69) is 6.92 Å². The third-order valence-corrected chi connectivity index (χ3v) is 9.40. The van der Waals surface area contributed by atoms with Crippen LogP contribution in [0.4, 0.5) is 0 Å². The van der Waals surface area contributed by atoms with Gasteiger partial charge in [-0.25, -0.2) is 0 Å². The molecule has 230 valence electrons. The van der Waals surface area contributed by atoms with Crippen LogP contribution in [0.1, 0.15) is 122 Å². The van der Waals surface area contributed by atoms with Crippen molar-refractivity contribution >= 4 is 17.5 Å². The number of rotatable bonds is 13. The van der Waals surface area contributed by atoms with Gasteiger partial charge in [0.05, 0.1) is 0 Å². The quantitative estimate of drug-likeness (QED) is 0.167. The average molecular weight is 581 g/mol. The highest BCUT2D eigenvalue weighted by Crippen LogP contribution is 2.55. The third-order valence-electron chi connectivity index (χ3n) is 9.40. The Hall–Kier alpha value is -2.35. The summed E-state index contributed by atoms with van der Waals surface area (Å²) in [5, 5.41) is 0. The van der Waals surface area contributed by atoms with Crippen LogP contribution in [0.3, 0.4) is 0 Å². The number of hydrogen-bond donors (Lipinski definition) is 0. The van der Waals surface area contributed by atoms with Crippen LogP contribution in [-0.4, -0.2) is 46.4 Å². The number of unbranched alkanes of at least 4 members (excludes halogenated alkanes) is 10. The van der Waals surface area contributed by atoms with Crippen LogP contribution in [0.15, 0.2) is 48.6 Å². The van der Waals surface area contributed by atoms with E-state index in [1.54, 1.807) is 48.6 Å². The number of ether oxygens (including phenoxy) is 4. The Morgan fingerprint density at radius 3 is 1.55 bits per heavy atom. The highest BCUT2D eigenvalue weighted by molar-refractivity contribution is 6.01. The molecule has 3 fully saturated rings. The van der Waals surface area contributed by atoms with Gasteiger partial charge < -0.3 is 18.9 Å². The van der Waals surface area contributed by atoms with Gasteiger partial charge >= 0.3 is 5.97 Å². The van der Waals surface area contributed by atoms with Gasteiger partial charge in [-0.05, 0) is 67.9 Å². The van der Waals surface area contributed by atoms with Gasteiger partial charge in [0, 0.05) is 32.1 Å². The molecule has 5 rings (SSSR count). The summed E-state index contributed by atoms with van der Waals surface area (Å²) in [7, 11) is 0. The first kappa shape index (κ1) is 31.1. The molecule has 7 nitrogen and oxygen atoms in total. The van der Waals surface area contributed by atoms with Crippen LogP contribution < -0.4 is 0 Å². The van der Waals surface area contributed by atoms with E-state index >= 15 is 0 Å². The van der Waals surface area contributed by atoms with Crippen molar-refractivity contribution in [2.75, 3.05) is 0 Å². The van der Waals surface area contributed by atoms with Crippen molar-refractivity contribution in [2.24, 2.45) is 0 Å². The van der Waals surface area contributed by atoms with Gasteiger partial charge in [0.15, 0.2) is 23.1 Å². The molecule has 0 saturated carbocycles. The smallest absolute Gasteiger partial charge is 0.306 e. The van der Waals surface area contributed by atoms with Gasteiger partial charge in [-0.3, -0.25) is 14.4 Å². The number of hydrogen-bond acceptors (Lipinski definition) is 7. The third kappa shape index (κ3) is 7.78. The molecule has 42 heavy (non-hydrogen) atoms. The van der Waals surface area contributed by atoms with E-state index in [1.165, 1.54) is 51.4 Å². The highest BCUT2D eigenvalue weighted by Gasteiger charge is 2.61. The van der Waals surface area contributed by atoms with Crippen molar-refractivity contribution in [3.8, 4) is 0 Å². The van der Waals surface area contributed by atoms with Crippen LogP contribution in [0, 0.1) is 0 Å². The van der Waals surface area contributed by atoms with Crippen molar-refractivity contribution in [3.05, 3.63) is 48.6 Å². The van der Waals surface area contributed by atoms with E-state index in [0.717, 1.165) is 19.3 Å². The summed E-state index contributed by atoms with van der Waals surface area (Å²) in [5.41, 5.74) is -1.44. The van der Waals surface area contributed by atoms with Gasteiger partial charge in [-0.15, -0.1) is 0 Å². The minimum Gasteiger partial charge on any atom is -0.462 e. The number of ketones is 2. The number of carbonyl (C=O) groups excluding carboxylic acids is 3. The first-order chi connectivity index (χ1) is 20.3. The van der Waals surface area contributed by atoms with Gasteiger partial charge in [0.2, 0.25) is 0 Å². The molecule has 0 aromatic carbocycles. The summed E-state index contributed by atoms with van der Waals surface area (Å²) in [6.45, 7) is 2.25. The molecule has 2 atom stereocenters. The Balaban J connectivity index is 1.15. The molecule has 3 heterocycles. The fraction of sp³-hybridized carbons (Fsp3) is 0.686. The maximum absolute atomic E-state index is 13.0. The average Bonchev–Trinajstić information content (AvgIpc) is 3.47. The monoisotopic (exact) mass is 580 g/mol. The topological polar surface area (TPSA) is 88.1 Å². The van der Waals surface area contributed by atoms with Gasteiger partial charge in [-0.1, -0.05) is 71.1 Å².